The van der Waals surface area contributed by atoms with Crippen LogP contribution < -0.4 is 5.32 Å². The molecule has 1 N–H and O–H groups in total. The van der Waals surface area contributed by atoms with E-state index in [2.05, 4.69) is 37.2 Å². The van der Waals surface area contributed by atoms with Gasteiger partial charge in [-0.15, -0.1) is 0 Å². The molecule has 0 aliphatic carbocycles. The van der Waals surface area contributed by atoms with Gasteiger partial charge in [0.2, 0.25) is 0 Å². The second-order valence-electron chi connectivity index (χ2n) is 2.77. The molecule has 86 valence electrons. The van der Waals surface area contributed by atoms with Crippen LogP contribution in [0.1, 0.15) is 0 Å². The number of nitrogens with zero attached hydrogens (tertiary/aromatic N) is 2. The molecule has 0 aliphatic heterocycles. The fourth-order valence-corrected chi connectivity index (χ4v) is 2.23. The normalized spacial score (nSPS) is 9.06. The number of rotatable bonds is 2. The van der Waals surface area contributed by atoms with Gasteiger partial charge in [0, 0.05) is 10.7 Å². The van der Waals surface area contributed by atoms with E-state index in [4.69, 9.17) is 10.5 Å². The van der Waals surface area contributed by atoms with Gasteiger partial charge < -0.3 is 5.32 Å². The quantitative estimate of drug-likeness (QED) is 0.494. The Balaban J connectivity index is 3.18. The number of benzene rings is 1. The molecule has 0 saturated carbocycles. The van der Waals surface area contributed by atoms with Crippen LogP contribution in [0.3, 0.4) is 0 Å². The maximum Gasteiger partial charge on any atom is 0.175 e. The highest BCUT2D eigenvalue weighted by Crippen LogP contribution is 2.34. The lowest BCUT2D eigenvalue weighted by molar-refractivity contribution is 0.504. The molecule has 3 nitrogen and oxygen atoms in total. The number of anilines is 1. The summed E-state index contributed by atoms with van der Waals surface area (Å²) in [4.78, 5) is 0. The first-order valence-corrected chi connectivity index (χ1v) is 5.69. The van der Waals surface area contributed by atoms with E-state index >= 15 is 0 Å². The van der Waals surface area contributed by atoms with Crippen molar-refractivity contribution in [3.63, 3.8) is 0 Å². The molecule has 0 atom stereocenters. The fourth-order valence-electron chi connectivity index (χ4n) is 0.932. The highest BCUT2D eigenvalue weighted by Gasteiger charge is 2.14. The lowest BCUT2D eigenvalue weighted by Gasteiger charge is -2.08. The summed E-state index contributed by atoms with van der Waals surface area (Å²) in [7, 11) is 0. The summed E-state index contributed by atoms with van der Waals surface area (Å²) in [5.74, 6) is -2.07. The Kier molecular flexibility index (Phi) is 4.62. The number of hydrogen-bond acceptors (Lipinski definition) is 3. The summed E-state index contributed by atoms with van der Waals surface area (Å²) in [6, 6.07) is 4.19. The summed E-state index contributed by atoms with van der Waals surface area (Å²) in [5.41, 5.74) is 0.000401. The van der Waals surface area contributed by atoms with Gasteiger partial charge in [0.1, 0.15) is 17.7 Å². The van der Waals surface area contributed by atoms with Gasteiger partial charge in [-0.2, -0.15) is 10.5 Å². The Morgan fingerprint density at radius 1 is 1.29 bits per heavy atom. The van der Waals surface area contributed by atoms with Gasteiger partial charge >= 0.3 is 0 Å². The van der Waals surface area contributed by atoms with Crippen molar-refractivity contribution in [1.29, 1.82) is 10.5 Å². The van der Waals surface area contributed by atoms with E-state index in [0.717, 1.165) is 12.3 Å². The zero-order valence-corrected chi connectivity index (χ0v) is 11.2. The second kappa shape index (κ2) is 5.76. The Hall–Kier alpha value is -1.44. The zero-order valence-electron chi connectivity index (χ0n) is 8.06. The maximum absolute atomic E-state index is 13.2. The lowest BCUT2D eigenvalue weighted by Crippen LogP contribution is -1.97. The minimum atomic E-state index is -1.06. The van der Waals surface area contributed by atoms with Crippen LogP contribution in [0.4, 0.5) is 14.5 Å². The number of nitrogens with one attached hydrogen (secondary N) is 1. The molecular weight excluding hydrogens is 360 g/mol. The maximum atomic E-state index is 13.2. The van der Waals surface area contributed by atoms with Crippen molar-refractivity contribution < 1.29 is 8.78 Å². The average Bonchev–Trinajstić information content (AvgIpc) is 2.31. The highest BCUT2D eigenvalue weighted by molar-refractivity contribution is 9.11. The zero-order chi connectivity index (χ0) is 13.0. The van der Waals surface area contributed by atoms with E-state index in [9.17, 15) is 8.78 Å². The van der Waals surface area contributed by atoms with Crippen LogP contribution in [0.25, 0.3) is 0 Å². The van der Waals surface area contributed by atoms with Crippen molar-refractivity contribution in [2.45, 2.75) is 0 Å². The first kappa shape index (κ1) is 13.6. The molecule has 1 rings (SSSR count). The van der Waals surface area contributed by atoms with Crippen LogP contribution in [-0.4, -0.2) is 0 Å². The van der Waals surface area contributed by atoms with Crippen molar-refractivity contribution in [1.82, 2.24) is 0 Å². The number of nitriles is 2. The van der Waals surface area contributed by atoms with E-state index in [-0.39, 0.29) is 20.2 Å². The predicted octanol–water partition coefficient (Wildman–Crippen LogP) is 3.83. The first-order chi connectivity index (χ1) is 8.01. The highest BCUT2D eigenvalue weighted by atomic mass is 79.9. The Labute approximate surface area is 113 Å². The van der Waals surface area contributed by atoms with Gasteiger partial charge in [-0.25, -0.2) is 8.78 Å². The Bertz CT molecular complexity index is 554. The third-order valence-corrected chi connectivity index (χ3v) is 3.09. The number of hydrogen-bond donors (Lipinski definition) is 1. The Morgan fingerprint density at radius 2 is 1.88 bits per heavy atom. The van der Waals surface area contributed by atoms with Crippen molar-refractivity contribution in [2.24, 2.45) is 0 Å². The largest absolute Gasteiger partial charge is 0.358 e. The van der Waals surface area contributed by atoms with E-state index in [1.807, 2.05) is 0 Å². The van der Waals surface area contributed by atoms with E-state index < -0.39 is 11.6 Å². The molecule has 0 radical (unpaired) electrons. The fraction of sp³-hybridized carbons (Fsp3) is 0. The van der Waals surface area contributed by atoms with Crippen LogP contribution in [0, 0.1) is 34.3 Å². The van der Waals surface area contributed by atoms with Crippen molar-refractivity contribution in [3.05, 3.63) is 38.4 Å². The third kappa shape index (κ3) is 3.02. The molecule has 1 aromatic rings. The second-order valence-corrected chi connectivity index (χ2v) is 4.42. The van der Waals surface area contributed by atoms with Crippen molar-refractivity contribution in [2.75, 3.05) is 5.32 Å². The van der Waals surface area contributed by atoms with E-state index in [1.165, 1.54) is 0 Å². The molecular formula is C10H3Br2F2N3. The average molecular weight is 363 g/mol. The summed E-state index contributed by atoms with van der Waals surface area (Å²) in [5, 5.41) is 19.5. The number of allylic oxidation sites excluding steroid dienone is 1. The third-order valence-electron chi connectivity index (χ3n) is 1.72. The number of halogens is 4. The van der Waals surface area contributed by atoms with Crippen molar-refractivity contribution >= 4 is 37.5 Å². The van der Waals surface area contributed by atoms with Gasteiger partial charge in [0.25, 0.3) is 0 Å². The standard InChI is InChI=1S/C10H3Br2F2N3/c11-6-1-7(13)9(14)8(12)10(6)17-4-5(2-15)3-16/h1,4,17H. The molecule has 0 bridgehead atoms. The summed E-state index contributed by atoms with van der Waals surface area (Å²) >= 11 is 5.91. The minimum absolute atomic E-state index is 0.129. The molecule has 0 amide bonds. The molecule has 7 heteroatoms. The lowest BCUT2D eigenvalue weighted by atomic mass is 10.3. The van der Waals surface area contributed by atoms with Crippen LogP contribution in [-0.2, 0) is 0 Å². The molecule has 0 aliphatic rings. The SMILES string of the molecule is N#CC(C#N)=CNc1c(Br)cc(F)c(F)c1Br. The van der Waals surface area contributed by atoms with E-state index in [1.54, 1.807) is 12.1 Å². The topological polar surface area (TPSA) is 59.6 Å². The molecule has 0 heterocycles. The monoisotopic (exact) mass is 361 g/mol. The molecule has 0 spiro atoms. The van der Waals surface area contributed by atoms with Crippen LogP contribution in [0.5, 0.6) is 0 Å². The van der Waals surface area contributed by atoms with Crippen LogP contribution in [0.2, 0.25) is 0 Å². The van der Waals surface area contributed by atoms with Crippen molar-refractivity contribution in [3.8, 4) is 12.1 Å². The molecule has 0 fully saturated rings. The van der Waals surface area contributed by atoms with Gasteiger partial charge in [-0.3, -0.25) is 0 Å². The van der Waals surface area contributed by atoms with Gasteiger partial charge in [0.15, 0.2) is 11.6 Å². The summed E-state index contributed by atoms with van der Waals surface area (Å²) < 4.78 is 26.3. The molecule has 0 unspecified atom stereocenters. The predicted molar refractivity (Wildman–Crippen MR) is 64.7 cm³/mol. The molecule has 17 heavy (non-hydrogen) atoms. The van der Waals surface area contributed by atoms with E-state index in [0.29, 0.717) is 0 Å². The van der Waals surface area contributed by atoms with Crippen LogP contribution >= 0.6 is 31.9 Å². The minimum Gasteiger partial charge on any atom is -0.358 e. The summed E-state index contributed by atoms with van der Waals surface area (Å²) in [6.45, 7) is 0. The van der Waals surface area contributed by atoms with Gasteiger partial charge in [-0.1, -0.05) is 0 Å². The first-order valence-electron chi connectivity index (χ1n) is 4.11. The molecule has 1 aromatic carbocycles. The summed E-state index contributed by atoms with van der Waals surface area (Å²) in [6.07, 6.45) is 1.10. The molecule has 0 aromatic heterocycles. The van der Waals surface area contributed by atoms with Crippen LogP contribution in [0.15, 0.2) is 26.8 Å². The smallest absolute Gasteiger partial charge is 0.175 e. The van der Waals surface area contributed by atoms with Gasteiger partial charge in [0.05, 0.1) is 10.2 Å². The van der Waals surface area contributed by atoms with Gasteiger partial charge in [-0.05, 0) is 37.9 Å². The molecule has 0 saturated heterocycles. The Morgan fingerprint density at radius 3 is 2.41 bits per heavy atom.